The maximum Gasteiger partial charge on any atom is 0.274 e. The number of carbonyl (C=O) groups excluding carboxylic acids is 1. The van der Waals surface area contributed by atoms with Gasteiger partial charge in [0.2, 0.25) is 0 Å². The van der Waals surface area contributed by atoms with E-state index < -0.39 is 0 Å². The highest BCUT2D eigenvalue weighted by Gasteiger charge is 2.10. The fraction of sp³-hybridized carbons (Fsp3) is 0.143. The van der Waals surface area contributed by atoms with Crippen molar-refractivity contribution in [2.24, 2.45) is 0 Å². The summed E-state index contributed by atoms with van der Waals surface area (Å²) in [5, 5.41) is 6.95. The van der Waals surface area contributed by atoms with E-state index in [1.54, 1.807) is 12.3 Å². The van der Waals surface area contributed by atoms with Crippen LogP contribution in [-0.2, 0) is 13.0 Å². The Balaban J connectivity index is 1.68. The molecule has 132 valence electrons. The lowest BCUT2D eigenvalue weighted by Gasteiger charge is -2.11. The van der Waals surface area contributed by atoms with Gasteiger partial charge in [-0.05, 0) is 47.9 Å². The van der Waals surface area contributed by atoms with Gasteiger partial charge in [-0.1, -0.05) is 48.9 Å². The summed E-state index contributed by atoms with van der Waals surface area (Å²) in [6, 6.07) is 19.0. The Bertz CT molecular complexity index is 894. The molecule has 0 radical (unpaired) electrons. The largest absolute Gasteiger partial charge is 0.381 e. The Morgan fingerprint density at radius 2 is 1.85 bits per heavy atom. The van der Waals surface area contributed by atoms with Crippen LogP contribution in [0.4, 0.5) is 11.4 Å². The zero-order valence-corrected chi connectivity index (χ0v) is 15.3. The van der Waals surface area contributed by atoms with Crippen molar-refractivity contribution in [3.8, 4) is 0 Å². The van der Waals surface area contributed by atoms with Crippen LogP contribution in [0.25, 0.3) is 0 Å². The van der Waals surface area contributed by atoms with Gasteiger partial charge in [0, 0.05) is 29.1 Å². The van der Waals surface area contributed by atoms with Crippen molar-refractivity contribution in [3.05, 3.63) is 88.7 Å². The molecule has 4 nitrogen and oxygen atoms in total. The zero-order valence-electron chi connectivity index (χ0n) is 14.5. The summed E-state index contributed by atoms with van der Waals surface area (Å²) in [6.07, 6.45) is 2.48. The van der Waals surface area contributed by atoms with E-state index in [-0.39, 0.29) is 5.91 Å². The Hall–Kier alpha value is -2.85. The maximum absolute atomic E-state index is 12.5. The molecule has 0 fully saturated rings. The van der Waals surface area contributed by atoms with Crippen molar-refractivity contribution in [3.63, 3.8) is 0 Å². The molecule has 5 heteroatoms. The van der Waals surface area contributed by atoms with E-state index in [2.05, 4.69) is 22.5 Å². The minimum absolute atomic E-state index is 0.221. The number of nitrogens with one attached hydrogen (secondary N) is 2. The standard InChI is InChI=1S/C21H20ClN3O/c1-2-16-5-3-4-6-19(16)25-21(26)20-13-18(11-12-23-20)24-14-15-7-9-17(22)10-8-15/h3-13H,2,14H2,1H3,(H,23,24)(H,25,26). The van der Waals surface area contributed by atoms with Gasteiger partial charge in [0.25, 0.3) is 5.91 Å². The van der Waals surface area contributed by atoms with E-state index in [1.807, 2.05) is 54.6 Å². The molecule has 1 heterocycles. The Morgan fingerprint density at radius 3 is 2.62 bits per heavy atom. The summed E-state index contributed by atoms with van der Waals surface area (Å²) in [4.78, 5) is 16.7. The Morgan fingerprint density at radius 1 is 1.08 bits per heavy atom. The molecule has 0 bridgehead atoms. The van der Waals surface area contributed by atoms with Crippen LogP contribution in [0.15, 0.2) is 66.9 Å². The molecule has 26 heavy (non-hydrogen) atoms. The molecule has 3 aromatic rings. The summed E-state index contributed by atoms with van der Waals surface area (Å²) < 4.78 is 0. The van der Waals surface area contributed by atoms with E-state index in [1.165, 1.54) is 0 Å². The number of aromatic nitrogens is 1. The predicted octanol–water partition coefficient (Wildman–Crippen LogP) is 5.16. The number of amides is 1. The van der Waals surface area contributed by atoms with Gasteiger partial charge in [0.05, 0.1) is 0 Å². The summed E-state index contributed by atoms with van der Waals surface area (Å²) >= 11 is 5.90. The van der Waals surface area contributed by atoms with Crippen LogP contribution in [0.3, 0.4) is 0 Å². The summed E-state index contributed by atoms with van der Waals surface area (Å²) in [6.45, 7) is 2.70. The number of para-hydroxylation sites is 1. The molecule has 0 aliphatic rings. The lowest BCUT2D eigenvalue weighted by atomic mass is 10.1. The number of aryl methyl sites for hydroxylation is 1. The third kappa shape index (κ3) is 4.61. The van der Waals surface area contributed by atoms with Crippen LogP contribution < -0.4 is 10.6 Å². The molecule has 0 atom stereocenters. The van der Waals surface area contributed by atoms with E-state index in [0.29, 0.717) is 17.3 Å². The Kier molecular flexibility index (Phi) is 5.87. The molecule has 1 aromatic heterocycles. The second kappa shape index (κ2) is 8.50. The van der Waals surface area contributed by atoms with Crippen molar-refractivity contribution in [1.29, 1.82) is 0 Å². The molecule has 0 spiro atoms. The second-order valence-corrected chi connectivity index (χ2v) is 6.31. The number of anilines is 2. The van der Waals surface area contributed by atoms with Crippen LogP contribution in [0.2, 0.25) is 5.02 Å². The van der Waals surface area contributed by atoms with E-state index in [4.69, 9.17) is 11.6 Å². The molecule has 0 unspecified atom stereocenters. The average Bonchev–Trinajstić information content (AvgIpc) is 2.68. The quantitative estimate of drug-likeness (QED) is 0.634. The van der Waals surface area contributed by atoms with Crippen LogP contribution in [0.5, 0.6) is 0 Å². The predicted molar refractivity (Wildman–Crippen MR) is 107 cm³/mol. The highest BCUT2D eigenvalue weighted by Crippen LogP contribution is 2.17. The monoisotopic (exact) mass is 365 g/mol. The first kappa shape index (κ1) is 18.0. The summed E-state index contributed by atoms with van der Waals surface area (Å²) in [5.41, 5.74) is 4.23. The van der Waals surface area contributed by atoms with Crippen molar-refractivity contribution in [2.75, 3.05) is 10.6 Å². The van der Waals surface area contributed by atoms with Crippen molar-refractivity contribution in [1.82, 2.24) is 4.98 Å². The number of hydrogen-bond donors (Lipinski definition) is 2. The number of carbonyl (C=O) groups is 1. The first-order valence-electron chi connectivity index (χ1n) is 8.49. The minimum Gasteiger partial charge on any atom is -0.381 e. The molecular formula is C21H20ClN3O. The van der Waals surface area contributed by atoms with Gasteiger partial charge in [-0.3, -0.25) is 9.78 Å². The SMILES string of the molecule is CCc1ccccc1NC(=O)c1cc(NCc2ccc(Cl)cc2)ccn1. The van der Waals surface area contributed by atoms with Crippen LogP contribution in [0, 0.1) is 0 Å². The average molecular weight is 366 g/mol. The summed E-state index contributed by atoms with van der Waals surface area (Å²) in [5.74, 6) is -0.221. The maximum atomic E-state index is 12.5. The number of rotatable bonds is 6. The Labute approximate surface area is 158 Å². The normalized spacial score (nSPS) is 10.4. The minimum atomic E-state index is -0.221. The fourth-order valence-corrected chi connectivity index (χ4v) is 2.73. The third-order valence-electron chi connectivity index (χ3n) is 4.05. The second-order valence-electron chi connectivity index (χ2n) is 5.87. The number of benzene rings is 2. The number of halogens is 1. The highest BCUT2D eigenvalue weighted by molar-refractivity contribution is 6.30. The molecule has 3 rings (SSSR count). The molecule has 2 N–H and O–H groups in total. The van der Waals surface area contributed by atoms with Gasteiger partial charge >= 0.3 is 0 Å². The van der Waals surface area contributed by atoms with Gasteiger partial charge in [-0.2, -0.15) is 0 Å². The van der Waals surface area contributed by atoms with Crippen molar-refractivity contribution < 1.29 is 4.79 Å². The van der Waals surface area contributed by atoms with E-state index in [0.717, 1.165) is 28.9 Å². The molecule has 1 amide bonds. The molecule has 2 aromatic carbocycles. The lowest BCUT2D eigenvalue weighted by Crippen LogP contribution is -2.15. The third-order valence-corrected chi connectivity index (χ3v) is 4.30. The smallest absolute Gasteiger partial charge is 0.274 e. The lowest BCUT2D eigenvalue weighted by molar-refractivity contribution is 0.102. The van der Waals surface area contributed by atoms with Gasteiger partial charge < -0.3 is 10.6 Å². The van der Waals surface area contributed by atoms with Gasteiger partial charge in [0.1, 0.15) is 5.69 Å². The zero-order chi connectivity index (χ0) is 18.4. The number of nitrogens with zero attached hydrogens (tertiary/aromatic N) is 1. The van der Waals surface area contributed by atoms with Crippen molar-refractivity contribution >= 4 is 28.9 Å². The number of pyridine rings is 1. The van der Waals surface area contributed by atoms with Gasteiger partial charge in [0.15, 0.2) is 0 Å². The molecule has 0 aliphatic carbocycles. The first-order valence-corrected chi connectivity index (χ1v) is 8.87. The molecule has 0 saturated carbocycles. The van der Waals surface area contributed by atoms with Gasteiger partial charge in [-0.15, -0.1) is 0 Å². The van der Waals surface area contributed by atoms with Crippen LogP contribution >= 0.6 is 11.6 Å². The fourth-order valence-electron chi connectivity index (χ4n) is 2.61. The van der Waals surface area contributed by atoms with E-state index >= 15 is 0 Å². The first-order chi connectivity index (χ1) is 12.7. The molecule has 0 aliphatic heterocycles. The number of hydrogen-bond acceptors (Lipinski definition) is 3. The topological polar surface area (TPSA) is 54.0 Å². The van der Waals surface area contributed by atoms with E-state index in [9.17, 15) is 4.79 Å². The molecule has 0 saturated heterocycles. The summed E-state index contributed by atoms with van der Waals surface area (Å²) in [7, 11) is 0. The van der Waals surface area contributed by atoms with Gasteiger partial charge in [-0.25, -0.2) is 0 Å². The van der Waals surface area contributed by atoms with Crippen LogP contribution in [-0.4, -0.2) is 10.9 Å². The highest BCUT2D eigenvalue weighted by atomic mass is 35.5. The van der Waals surface area contributed by atoms with Crippen LogP contribution in [0.1, 0.15) is 28.5 Å². The molecular weight excluding hydrogens is 346 g/mol. The van der Waals surface area contributed by atoms with Crippen molar-refractivity contribution in [2.45, 2.75) is 19.9 Å².